The number of halogens is 1. The molecule has 0 spiro atoms. The van der Waals surface area contributed by atoms with Gasteiger partial charge in [-0.15, -0.1) is 0 Å². The topological polar surface area (TPSA) is 29.5 Å². The molecule has 0 aliphatic carbocycles. The standard InChI is InChI=1S/C9H16BrNO2/c1-7(2)8(10)9(12)11-3-5-13-6-4-11/h7-8H,3-6H2,1-2H3/t8-/m1/s1. The van der Waals surface area contributed by atoms with E-state index in [1.165, 1.54) is 0 Å². The molecule has 1 heterocycles. The molecule has 0 aromatic rings. The highest BCUT2D eigenvalue weighted by atomic mass is 79.9. The van der Waals surface area contributed by atoms with Crippen LogP contribution in [0.3, 0.4) is 0 Å². The SMILES string of the molecule is CC(C)[C@@H](Br)C(=O)N1CCOCC1. The van der Waals surface area contributed by atoms with E-state index >= 15 is 0 Å². The predicted octanol–water partition coefficient (Wildman–Crippen LogP) is 1.26. The van der Waals surface area contributed by atoms with Crippen LogP contribution in [0, 0.1) is 5.92 Å². The highest BCUT2D eigenvalue weighted by Gasteiger charge is 2.25. The van der Waals surface area contributed by atoms with Crippen molar-refractivity contribution < 1.29 is 9.53 Å². The van der Waals surface area contributed by atoms with Crippen LogP contribution >= 0.6 is 15.9 Å². The number of ether oxygens (including phenoxy) is 1. The minimum Gasteiger partial charge on any atom is -0.378 e. The van der Waals surface area contributed by atoms with Crippen LogP contribution in [0.1, 0.15) is 13.8 Å². The van der Waals surface area contributed by atoms with Crippen LogP contribution < -0.4 is 0 Å². The molecule has 1 atom stereocenters. The minimum atomic E-state index is -0.0504. The Labute approximate surface area is 87.6 Å². The maximum Gasteiger partial charge on any atom is 0.236 e. The summed E-state index contributed by atoms with van der Waals surface area (Å²) >= 11 is 3.41. The lowest BCUT2D eigenvalue weighted by Crippen LogP contribution is -2.45. The van der Waals surface area contributed by atoms with Gasteiger partial charge in [0, 0.05) is 13.1 Å². The van der Waals surface area contributed by atoms with E-state index in [-0.39, 0.29) is 10.7 Å². The van der Waals surface area contributed by atoms with E-state index in [9.17, 15) is 4.79 Å². The number of amides is 1. The van der Waals surface area contributed by atoms with E-state index in [1.807, 2.05) is 18.7 Å². The Kier molecular flexibility index (Phi) is 4.19. The zero-order chi connectivity index (χ0) is 9.84. The highest BCUT2D eigenvalue weighted by Crippen LogP contribution is 2.15. The number of hydrogen-bond donors (Lipinski definition) is 0. The molecule has 3 nitrogen and oxygen atoms in total. The summed E-state index contributed by atoms with van der Waals surface area (Å²) in [7, 11) is 0. The highest BCUT2D eigenvalue weighted by molar-refractivity contribution is 9.10. The fraction of sp³-hybridized carbons (Fsp3) is 0.889. The molecule has 1 aliphatic heterocycles. The van der Waals surface area contributed by atoms with E-state index in [0.717, 1.165) is 13.1 Å². The van der Waals surface area contributed by atoms with Crippen molar-refractivity contribution in [2.45, 2.75) is 18.7 Å². The summed E-state index contributed by atoms with van der Waals surface area (Å²) in [6.07, 6.45) is 0. The largest absolute Gasteiger partial charge is 0.378 e. The van der Waals surface area contributed by atoms with Gasteiger partial charge in [0.15, 0.2) is 0 Å². The lowest BCUT2D eigenvalue weighted by atomic mass is 10.1. The van der Waals surface area contributed by atoms with Gasteiger partial charge in [-0.05, 0) is 5.92 Å². The molecule has 0 saturated carbocycles. The van der Waals surface area contributed by atoms with Crippen LogP contribution in [-0.2, 0) is 9.53 Å². The Balaban J connectivity index is 2.45. The summed E-state index contributed by atoms with van der Waals surface area (Å²) in [6, 6.07) is 0. The van der Waals surface area contributed by atoms with E-state index in [4.69, 9.17) is 4.74 Å². The summed E-state index contributed by atoms with van der Waals surface area (Å²) in [5.74, 6) is 0.536. The van der Waals surface area contributed by atoms with Crippen LogP contribution in [-0.4, -0.2) is 41.9 Å². The van der Waals surface area contributed by atoms with Crippen LogP contribution in [0.4, 0.5) is 0 Å². The number of carbonyl (C=O) groups excluding carboxylic acids is 1. The summed E-state index contributed by atoms with van der Waals surface area (Å²) in [5, 5.41) is 0. The number of alkyl halides is 1. The molecule has 13 heavy (non-hydrogen) atoms. The maximum absolute atomic E-state index is 11.8. The third-order valence-electron chi connectivity index (χ3n) is 2.14. The Morgan fingerprint density at radius 2 is 1.92 bits per heavy atom. The molecule has 0 radical (unpaired) electrons. The summed E-state index contributed by atoms with van der Waals surface area (Å²) in [4.78, 5) is 13.6. The molecule has 4 heteroatoms. The second-order valence-corrected chi connectivity index (χ2v) is 4.57. The third kappa shape index (κ3) is 2.95. The Morgan fingerprint density at radius 1 is 1.38 bits per heavy atom. The molecule has 1 fully saturated rings. The quantitative estimate of drug-likeness (QED) is 0.690. The van der Waals surface area contributed by atoms with E-state index in [1.54, 1.807) is 0 Å². The van der Waals surface area contributed by atoms with Crippen molar-refractivity contribution in [1.29, 1.82) is 0 Å². The predicted molar refractivity (Wildman–Crippen MR) is 55.0 cm³/mol. The van der Waals surface area contributed by atoms with Gasteiger partial charge in [-0.2, -0.15) is 0 Å². The van der Waals surface area contributed by atoms with Gasteiger partial charge in [0.25, 0.3) is 0 Å². The molecule has 0 bridgehead atoms. The molecule has 0 aromatic carbocycles. The summed E-state index contributed by atoms with van der Waals surface area (Å²) in [6.45, 7) is 6.88. The summed E-state index contributed by atoms with van der Waals surface area (Å²) < 4.78 is 5.18. The third-order valence-corrected chi connectivity index (χ3v) is 3.59. The normalized spacial score (nSPS) is 20.5. The molecule has 76 valence electrons. The average molecular weight is 250 g/mol. The second kappa shape index (κ2) is 4.96. The maximum atomic E-state index is 11.8. The fourth-order valence-corrected chi connectivity index (χ4v) is 1.53. The Bertz CT molecular complexity index is 178. The van der Waals surface area contributed by atoms with Crippen molar-refractivity contribution in [3.05, 3.63) is 0 Å². The first-order valence-electron chi connectivity index (χ1n) is 4.63. The van der Waals surface area contributed by atoms with Gasteiger partial charge in [0.1, 0.15) is 0 Å². The summed E-state index contributed by atoms with van der Waals surface area (Å²) in [5.41, 5.74) is 0. The molecule has 0 unspecified atom stereocenters. The molecule has 0 N–H and O–H groups in total. The van der Waals surface area contributed by atoms with Gasteiger partial charge < -0.3 is 9.64 Å². The van der Waals surface area contributed by atoms with Crippen LogP contribution in [0.2, 0.25) is 0 Å². The molecular formula is C9H16BrNO2. The number of carbonyl (C=O) groups is 1. The zero-order valence-electron chi connectivity index (χ0n) is 8.12. The average Bonchev–Trinajstić information content (AvgIpc) is 2.17. The first-order chi connectivity index (χ1) is 6.13. The fourth-order valence-electron chi connectivity index (χ4n) is 1.24. The lowest BCUT2D eigenvalue weighted by molar-refractivity contribution is -0.135. The lowest BCUT2D eigenvalue weighted by Gasteiger charge is -2.29. The van der Waals surface area contributed by atoms with Crippen molar-refractivity contribution in [2.75, 3.05) is 26.3 Å². The molecule has 1 rings (SSSR count). The van der Waals surface area contributed by atoms with Crippen LogP contribution in [0.25, 0.3) is 0 Å². The van der Waals surface area contributed by atoms with E-state index in [0.29, 0.717) is 19.1 Å². The molecule has 1 aliphatic rings. The van der Waals surface area contributed by atoms with Crippen molar-refractivity contribution >= 4 is 21.8 Å². The second-order valence-electron chi connectivity index (χ2n) is 3.58. The Hall–Kier alpha value is -0.0900. The van der Waals surface area contributed by atoms with Gasteiger partial charge in [-0.25, -0.2) is 0 Å². The van der Waals surface area contributed by atoms with Gasteiger partial charge >= 0.3 is 0 Å². The van der Waals surface area contributed by atoms with Crippen molar-refractivity contribution in [3.8, 4) is 0 Å². The molecule has 1 amide bonds. The number of rotatable bonds is 2. The smallest absolute Gasteiger partial charge is 0.236 e. The van der Waals surface area contributed by atoms with Gasteiger partial charge in [-0.3, -0.25) is 4.79 Å². The van der Waals surface area contributed by atoms with E-state index in [2.05, 4.69) is 15.9 Å². The monoisotopic (exact) mass is 249 g/mol. The number of hydrogen-bond acceptors (Lipinski definition) is 2. The number of nitrogens with zero attached hydrogens (tertiary/aromatic N) is 1. The van der Waals surface area contributed by atoms with Crippen molar-refractivity contribution in [1.82, 2.24) is 4.90 Å². The number of morpholine rings is 1. The van der Waals surface area contributed by atoms with Crippen LogP contribution in [0.15, 0.2) is 0 Å². The van der Waals surface area contributed by atoms with E-state index < -0.39 is 0 Å². The first kappa shape index (κ1) is 11.0. The van der Waals surface area contributed by atoms with Crippen molar-refractivity contribution in [3.63, 3.8) is 0 Å². The minimum absolute atomic E-state index is 0.0504. The van der Waals surface area contributed by atoms with Gasteiger partial charge in [0.05, 0.1) is 18.0 Å². The van der Waals surface area contributed by atoms with Gasteiger partial charge in [-0.1, -0.05) is 29.8 Å². The molecular weight excluding hydrogens is 234 g/mol. The zero-order valence-corrected chi connectivity index (χ0v) is 9.71. The molecule has 0 aromatic heterocycles. The first-order valence-corrected chi connectivity index (χ1v) is 5.55. The molecule has 1 saturated heterocycles. The Morgan fingerprint density at radius 3 is 2.38 bits per heavy atom. The van der Waals surface area contributed by atoms with Crippen molar-refractivity contribution in [2.24, 2.45) is 5.92 Å². The van der Waals surface area contributed by atoms with Gasteiger partial charge in [0.2, 0.25) is 5.91 Å². The van der Waals surface area contributed by atoms with Crippen LogP contribution in [0.5, 0.6) is 0 Å².